The van der Waals surface area contributed by atoms with E-state index in [0.717, 1.165) is 38.3 Å². The molecule has 1 saturated heterocycles. The minimum Gasteiger partial charge on any atom is -0.300 e. The maximum Gasteiger partial charge on any atom is 0.270 e. The number of benzene rings is 2. The topological polar surface area (TPSA) is 66.7 Å². The smallest absolute Gasteiger partial charge is 0.270 e. The monoisotopic (exact) mass is 443 g/mol. The first-order chi connectivity index (χ1) is 13.0. The van der Waals surface area contributed by atoms with Gasteiger partial charge in [0.25, 0.3) is 5.69 Å². The maximum absolute atomic E-state index is 13.0. The molecule has 1 aliphatic rings. The predicted molar refractivity (Wildman–Crippen MR) is 115 cm³/mol. The van der Waals surface area contributed by atoms with E-state index in [-0.39, 0.29) is 42.1 Å². The molecule has 0 atom stereocenters. The van der Waals surface area contributed by atoms with Crippen LogP contribution in [0.4, 0.5) is 10.1 Å². The molecular formula is C20H24Cl2FN3O3. The second-order valence-electron chi connectivity index (χ2n) is 6.72. The van der Waals surface area contributed by atoms with Gasteiger partial charge in [-0.2, -0.15) is 0 Å². The van der Waals surface area contributed by atoms with Crippen LogP contribution in [0.15, 0.2) is 48.5 Å². The lowest BCUT2D eigenvalue weighted by Crippen LogP contribution is -2.46. The fourth-order valence-electron chi connectivity index (χ4n) is 3.22. The van der Waals surface area contributed by atoms with Gasteiger partial charge in [-0.3, -0.25) is 19.8 Å². The van der Waals surface area contributed by atoms with Gasteiger partial charge >= 0.3 is 0 Å². The number of nitro groups is 1. The number of piperazine rings is 1. The highest BCUT2D eigenvalue weighted by Gasteiger charge is 2.18. The molecule has 0 saturated carbocycles. The molecule has 0 N–H and O–H groups in total. The van der Waals surface area contributed by atoms with Crippen molar-refractivity contribution in [2.45, 2.75) is 13.0 Å². The number of rotatable bonds is 7. The van der Waals surface area contributed by atoms with Crippen molar-refractivity contribution in [1.82, 2.24) is 9.80 Å². The zero-order chi connectivity index (χ0) is 19.2. The Morgan fingerprint density at radius 2 is 1.62 bits per heavy atom. The van der Waals surface area contributed by atoms with Gasteiger partial charge in [0.2, 0.25) is 0 Å². The number of non-ortho nitro benzene ring substituents is 1. The highest BCUT2D eigenvalue weighted by molar-refractivity contribution is 5.96. The number of ketones is 1. The average Bonchev–Trinajstić information content (AvgIpc) is 2.69. The molecule has 0 unspecified atom stereocenters. The van der Waals surface area contributed by atoms with Crippen LogP contribution in [-0.4, -0.2) is 53.2 Å². The number of halogens is 3. The third kappa shape index (κ3) is 7.36. The molecule has 3 rings (SSSR count). The first kappa shape index (κ1) is 25.0. The van der Waals surface area contributed by atoms with Crippen molar-refractivity contribution in [2.75, 3.05) is 32.7 Å². The summed E-state index contributed by atoms with van der Waals surface area (Å²) in [6, 6.07) is 12.4. The summed E-state index contributed by atoms with van der Waals surface area (Å²) in [7, 11) is 0. The molecular weight excluding hydrogens is 420 g/mol. The Bertz CT molecular complexity index is 813. The molecule has 2 aromatic rings. The Morgan fingerprint density at radius 3 is 2.24 bits per heavy atom. The molecule has 6 nitrogen and oxygen atoms in total. The van der Waals surface area contributed by atoms with E-state index in [1.807, 2.05) is 0 Å². The van der Waals surface area contributed by atoms with Crippen LogP contribution in [0.25, 0.3) is 0 Å². The first-order valence-corrected chi connectivity index (χ1v) is 8.98. The number of nitrogens with zero attached hydrogens (tertiary/aromatic N) is 3. The fourth-order valence-corrected chi connectivity index (χ4v) is 3.22. The van der Waals surface area contributed by atoms with Crippen LogP contribution in [0, 0.1) is 15.9 Å². The lowest BCUT2D eigenvalue weighted by atomic mass is 10.1. The van der Waals surface area contributed by atoms with E-state index in [1.54, 1.807) is 24.3 Å². The van der Waals surface area contributed by atoms with E-state index in [0.29, 0.717) is 18.5 Å². The third-order valence-corrected chi connectivity index (χ3v) is 4.82. The molecule has 1 fully saturated rings. The van der Waals surface area contributed by atoms with Crippen molar-refractivity contribution in [3.8, 4) is 0 Å². The molecule has 2 aromatic carbocycles. The van der Waals surface area contributed by atoms with E-state index in [2.05, 4.69) is 9.80 Å². The molecule has 29 heavy (non-hydrogen) atoms. The minimum atomic E-state index is -0.489. The van der Waals surface area contributed by atoms with Crippen LogP contribution < -0.4 is 0 Å². The van der Waals surface area contributed by atoms with Gasteiger partial charge < -0.3 is 4.90 Å². The highest BCUT2D eigenvalue weighted by atomic mass is 35.5. The number of hydrogen-bond donors (Lipinski definition) is 0. The van der Waals surface area contributed by atoms with Crippen LogP contribution in [0.5, 0.6) is 0 Å². The quantitative estimate of drug-likeness (QED) is 0.367. The molecule has 0 amide bonds. The number of hydrogen-bond acceptors (Lipinski definition) is 5. The van der Waals surface area contributed by atoms with Gasteiger partial charge in [0.05, 0.1) is 4.92 Å². The Morgan fingerprint density at radius 1 is 1.00 bits per heavy atom. The van der Waals surface area contributed by atoms with Crippen molar-refractivity contribution >= 4 is 36.3 Å². The van der Waals surface area contributed by atoms with E-state index in [4.69, 9.17) is 0 Å². The Balaban J connectivity index is 0.00000210. The summed E-state index contributed by atoms with van der Waals surface area (Å²) in [5.74, 6) is -0.301. The van der Waals surface area contributed by atoms with Gasteiger partial charge in [0.15, 0.2) is 5.78 Å². The summed E-state index contributed by atoms with van der Waals surface area (Å²) >= 11 is 0. The SMILES string of the molecule is Cl.Cl.O=C(CCN1CCN(Cc2ccc(F)cc2)CC1)c1cccc([N+](=O)[O-])c1. The Kier molecular flexibility index (Phi) is 10.2. The van der Waals surface area contributed by atoms with Crippen molar-refractivity contribution in [3.05, 3.63) is 75.6 Å². The fraction of sp³-hybridized carbons (Fsp3) is 0.350. The molecule has 0 radical (unpaired) electrons. The zero-order valence-corrected chi connectivity index (χ0v) is 17.5. The van der Waals surface area contributed by atoms with Crippen molar-refractivity contribution in [2.24, 2.45) is 0 Å². The van der Waals surface area contributed by atoms with Crippen LogP contribution in [0.2, 0.25) is 0 Å². The Hall–Kier alpha value is -2.06. The summed E-state index contributed by atoms with van der Waals surface area (Å²) in [5, 5.41) is 10.8. The summed E-state index contributed by atoms with van der Waals surface area (Å²) in [5.41, 5.74) is 1.42. The molecule has 0 aromatic heterocycles. The third-order valence-electron chi connectivity index (χ3n) is 4.82. The number of carbonyl (C=O) groups is 1. The van der Waals surface area contributed by atoms with Gasteiger partial charge in [-0.15, -0.1) is 24.8 Å². The summed E-state index contributed by atoms with van der Waals surface area (Å²) < 4.78 is 13.0. The molecule has 0 bridgehead atoms. The second-order valence-corrected chi connectivity index (χ2v) is 6.72. The largest absolute Gasteiger partial charge is 0.300 e. The van der Waals surface area contributed by atoms with Gasteiger partial charge in [-0.1, -0.05) is 24.3 Å². The van der Waals surface area contributed by atoms with Crippen molar-refractivity contribution in [1.29, 1.82) is 0 Å². The molecule has 0 aliphatic carbocycles. The minimum absolute atomic E-state index is 0. The van der Waals surface area contributed by atoms with Gasteiger partial charge in [0.1, 0.15) is 5.82 Å². The normalized spacial score (nSPS) is 14.5. The highest BCUT2D eigenvalue weighted by Crippen LogP contribution is 2.15. The maximum atomic E-state index is 13.0. The van der Waals surface area contributed by atoms with Crippen LogP contribution in [0.1, 0.15) is 22.3 Å². The molecule has 1 aliphatic heterocycles. The van der Waals surface area contributed by atoms with E-state index < -0.39 is 4.92 Å². The average molecular weight is 444 g/mol. The van der Waals surface area contributed by atoms with Gasteiger partial charge in [0, 0.05) is 63.4 Å². The van der Waals surface area contributed by atoms with E-state index in [1.165, 1.54) is 24.3 Å². The molecule has 1 heterocycles. The van der Waals surface area contributed by atoms with Crippen LogP contribution in [0.3, 0.4) is 0 Å². The summed E-state index contributed by atoms with van der Waals surface area (Å²) in [6.45, 7) is 4.95. The summed E-state index contributed by atoms with van der Waals surface area (Å²) in [4.78, 5) is 27.2. The first-order valence-electron chi connectivity index (χ1n) is 8.98. The van der Waals surface area contributed by atoms with Crippen molar-refractivity contribution in [3.63, 3.8) is 0 Å². The van der Waals surface area contributed by atoms with E-state index in [9.17, 15) is 19.3 Å². The van der Waals surface area contributed by atoms with Gasteiger partial charge in [-0.25, -0.2) is 4.39 Å². The van der Waals surface area contributed by atoms with E-state index >= 15 is 0 Å². The van der Waals surface area contributed by atoms with Crippen molar-refractivity contribution < 1.29 is 14.1 Å². The number of Topliss-reactive ketones (excluding diaryl/α,β-unsaturated/α-hetero) is 1. The molecule has 158 valence electrons. The van der Waals surface area contributed by atoms with Crippen LogP contribution >= 0.6 is 24.8 Å². The van der Waals surface area contributed by atoms with Gasteiger partial charge in [-0.05, 0) is 17.7 Å². The summed E-state index contributed by atoms with van der Waals surface area (Å²) in [6.07, 6.45) is 0.346. The Labute approximate surface area is 181 Å². The number of nitro benzene ring substituents is 1. The van der Waals surface area contributed by atoms with Crippen LogP contribution in [-0.2, 0) is 6.54 Å². The lowest BCUT2D eigenvalue weighted by molar-refractivity contribution is -0.384. The number of carbonyl (C=O) groups excluding carboxylic acids is 1. The standard InChI is InChI=1S/C20H22FN3O3.2ClH/c21-18-6-4-16(5-7-18)15-23-12-10-22(11-13-23)9-8-20(25)17-2-1-3-19(14-17)24(26)27;;/h1-7,14H,8-13,15H2;2*1H. The zero-order valence-electron chi connectivity index (χ0n) is 15.8. The molecule has 0 spiro atoms. The lowest BCUT2D eigenvalue weighted by Gasteiger charge is -2.34. The second kappa shape index (κ2) is 11.8. The predicted octanol–water partition coefficient (Wildman–Crippen LogP) is 3.97. The molecule has 9 heteroatoms.